The topological polar surface area (TPSA) is 63.4 Å². The molecule has 1 saturated heterocycles. The van der Waals surface area contributed by atoms with Crippen LogP contribution < -0.4 is 5.73 Å². The van der Waals surface area contributed by atoms with Gasteiger partial charge in [-0.25, -0.2) is 0 Å². The standard InChI is InChI=1S/C9H16N2O2.2C2H6/c1-6(10)9(13)11-5-3-4-8(11)7(2)12;2*1-2/h6,8H,3-5,10H2,1-2H3;2*1-2H3. The molecular formula is C13H28N2O2. The van der Waals surface area contributed by atoms with Crippen molar-refractivity contribution in [1.82, 2.24) is 4.90 Å². The van der Waals surface area contributed by atoms with Crippen molar-refractivity contribution >= 4 is 11.7 Å². The average molecular weight is 244 g/mol. The number of hydrogen-bond acceptors (Lipinski definition) is 3. The molecule has 0 aliphatic carbocycles. The Balaban J connectivity index is 0. The maximum Gasteiger partial charge on any atom is 0.239 e. The van der Waals surface area contributed by atoms with E-state index in [2.05, 4.69) is 0 Å². The van der Waals surface area contributed by atoms with Crippen LogP contribution in [-0.2, 0) is 9.59 Å². The lowest BCUT2D eigenvalue weighted by molar-refractivity contribution is -0.137. The molecule has 1 heterocycles. The summed E-state index contributed by atoms with van der Waals surface area (Å²) >= 11 is 0. The normalized spacial score (nSPS) is 19.5. The number of carbonyl (C=O) groups is 2. The monoisotopic (exact) mass is 244 g/mol. The number of nitrogens with zero attached hydrogens (tertiary/aromatic N) is 1. The predicted octanol–water partition coefficient (Wildman–Crippen LogP) is 1.97. The molecule has 4 heteroatoms. The molecule has 0 radical (unpaired) electrons. The third kappa shape index (κ3) is 5.82. The van der Waals surface area contributed by atoms with Crippen LogP contribution in [0.1, 0.15) is 54.4 Å². The van der Waals surface area contributed by atoms with Gasteiger partial charge in [-0.3, -0.25) is 9.59 Å². The molecule has 1 fully saturated rings. The van der Waals surface area contributed by atoms with Gasteiger partial charge in [-0.15, -0.1) is 0 Å². The van der Waals surface area contributed by atoms with Gasteiger partial charge in [-0.2, -0.15) is 0 Å². The smallest absolute Gasteiger partial charge is 0.239 e. The molecule has 4 nitrogen and oxygen atoms in total. The van der Waals surface area contributed by atoms with Crippen LogP contribution in [0.3, 0.4) is 0 Å². The van der Waals surface area contributed by atoms with Gasteiger partial charge >= 0.3 is 0 Å². The fourth-order valence-corrected chi connectivity index (χ4v) is 1.71. The van der Waals surface area contributed by atoms with Gasteiger partial charge in [-0.05, 0) is 26.7 Å². The highest BCUT2D eigenvalue weighted by Crippen LogP contribution is 2.18. The highest BCUT2D eigenvalue weighted by Gasteiger charge is 2.32. The number of amides is 1. The van der Waals surface area contributed by atoms with Crippen LogP contribution >= 0.6 is 0 Å². The maximum absolute atomic E-state index is 11.5. The van der Waals surface area contributed by atoms with E-state index < -0.39 is 6.04 Å². The quantitative estimate of drug-likeness (QED) is 0.807. The summed E-state index contributed by atoms with van der Waals surface area (Å²) in [4.78, 5) is 24.3. The zero-order valence-corrected chi connectivity index (χ0v) is 12.1. The molecule has 102 valence electrons. The lowest BCUT2D eigenvalue weighted by atomic mass is 10.1. The van der Waals surface area contributed by atoms with E-state index in [0.29, 0.717) is 6.54 Å². The van der Waals surface area contributed by atoms with Gasteiger partial charge in [0.2, 0.25) is 5.91 Å². The third-order valence-corrected chi connectivity index (χ3v) is 2.39. The number of Topliss-reactive ketones (excluding diaryl/α,β-unsaturated/α-hetero) is 1. The van der Waals surface area contributed by atoms with E-state index in [0.717, 1.165) is 12.8 Å². The van der Waals surface area contributed by atoms with E-state index in [1.165, 1.54) is 6.92 Å². The first-order valence-corrected chi connectivity index (χ1v) is 6.60. The van der Waals surface area contributed by atoms with Crippen LogP contribution in [0, 0.1) is 0 Å². The molecule has 0 bridgehead atoms. The fourth-order valence-electron chi connectivity index (χ4n) is 1.71. The summed E-state index contributed by atoms with van der Waals surface area (Å²) in [5, 5.41) is 0. The van der Waals surface area contributed by atoms with Crippen LogP contribution in [0.15, 0.2) is 0 Å². The molecule has 1 aliphatic heterocycles. The van der Waals surface area contributed by atoms with Crippen LogP contribution in [0.4, 0.5) is 0 Å². The molecular weight excluding hydrogens is 216 g/mol. The number of likely N-dealkylation sites (tertiary alicyclic amines) is 1. The molecule has 17 heavy (non-hydrogen) atoms. The summed E-state index contributed by atoms with van der Waals surface area (Å²) in [5.74, 6) is -0.0517. The molecule has 1 aliphatic rings. The molecule has 0 aromatic carbocycles. The number of carbonyl (C=O) groups excluding carboxylic acids is 2. The van der Waals surface area contributed by atoms with Crippen molar-refractivity contribution in [2.24, 2.45) is 5.73 Å². The highest BCUT2D eigenvalue weighted by atomic mass is 16.2. The Morgan fingerprint density at radius 1 is 1.24 bits per heavy atom. The van der Waals surface area contributed by atoms with E-state index in [-0.39, 0.29) is 17.7 Å². The minimum Gasteiger partial charge on any atom is -0.331 e. The molecule has 0 aromatic heterocycles. The second-order valence-electron chi connectivity index (χ2n) is 3.59. The Labute approximate surface area is 106 Å². The first kappa shape index (κ1) is 18.5. The fraction of sp³-hybridized carbons (Fsp3) is 0.846. The molecule has 0 saturated carbocycles. The Morgan fingerprint density at radius 3 is 2.06 bits per heavy atom. The summed E-state index contributed by atoms with van der Waals surface area (Å²) in [6, 6.07) is -0.724. The second-order valence-corrected chi connectivity index (χ2v) is 3.59. The van der Waals surface area contributed by atoms with Crippen molar-refractivity contribution < 1.29 is 9.59 Å². The summed E-state index contributed by atoms with van der Waals surface area (Å²) in [7, 11) is 0. The molecule has 0 spiro atoms. The van der Waals surface area contributed by atoms with Crippen molar-refractivity contribution in [2.75, 3.05) is 6.54 Å². The highest BCUT2D eigenvalue weighted by molar-refractivity contribution is 5.89. The van der Waals surface area contributed by atoms with Gasteiger partial charge < -0.3 is 10.6 Å². The summed E-state index contributed by atoms with van der Waals surface area (Å²) in [6.07, 6.45) is 1.69. The third-order valence-electron chi connectivity index (χ3n) is 2.39. The minimum atomic E-state index is -0.500. The largest absolute Gasteiger partial charge is 0.331 e. The first-order chi connectivity index (χ1) is 8.04. The van der Waals surface area contributed by atoms with Gasteiger partial charge in [0.05, 0.1) is 12.1 Å². The van der Waals surface area contributed by atoms with Gasteiger partial charge in [0.25, 0.3) is 0 Å². The zero-order chi connectivity index (χ0) is 14.0. The maximum atomic E-state index is 11.5. The van der Waals surface area contributed by atoms with Crippen molar-refractivity contribution in [3.63, 3.8) is 0 Å². The van der Waals surface area contributed by atoms with Crippen LogP contribution in [-0.4, -0.2) is 35.2 Å². The Morgan fingerprint density at radius 2 is 1.71 bits per heavy atom. The van der Waals surface area contributed by atoms with Gasteiger partial charge in [-0.1, -0.05) is 27.7 Å². The van der Waals surface area contributed by atoms with Crippen molar-refractivity contribution in [1.29, 1.82) is 0 Å². The van der Waals surface area contributed by atoms with Gasteiger partial charge in [0, 0.05) is 6.54 Å². The van der Waals surface area contributed by atoms with Gasteiger partial charge in [0.15, 0.2) is 5.78 Å². The molecule has 2 N–H and O–H groups in total. The van der Waals surface area contributed by atoms with E-state index >= 15 is 0 Å². The average Bonchev–Trinajstić information content (AvgIpc) is 2.82. The van der Waals surface area contributed by atoms with Crippen LogP contribution in [0.5, 0.6) is 0 Å². The van der Waals surface area contributed by atoms with E-state index in [1.54, 1.807) is 11.8 Å². The number of rotatable bonds is 2. The summed E-state index contributed by atoms with van der Waals surface area (Å²) < 4.78 is 0. The van der Waals surface area contributed by atoms with E-state index in [4.69, 9.17) is 5.73 Å². The summed E-state index contributed by atoms with van der Waals surface area (Å²) in [6.45, 7) is 11.8. The first-order valence-electron chi connectivity index (χ1n) is 6.60. The van der Waals surface area contributed by atoms with Crippen LogP contribution in [0.2, 0.25) is 0 Å². The minimum absolute atomic E-state index is 0.0616. The van der Waals surface area contributed by atoms with Crippen molar-refractivity contribution in [3.8, 4) is 0 Å². The Kier molecular flexibility index (Phi) is 11.2. The number of ketones is 1. The number of hydrogen-bond donors (Lipinski definition) is 1. The van der Waals surface area contributed by atoms with Crippen molar-refractivity contribution in [2.45, 2.75) is 66.5 Å². The summed E-state index contributed by atoms with van der Waals surface area (Å²) in [5.41, 5.74) is 5.48. The SMILES string of the molecule is CC.CC.CC(=O)C1CCCN1C(=O)C(C)N. The van der Waals surface area contributed by atoms with E-state index in [1.807, 2.05) is 27.7 Å². The lowest BCUT2D eigenvalue weighted by Crippen LogP contribution is -2.46. The molecule has 1 rings (SSSR count). The van der Waals surface area contributed by atoms with Gasteiger partial charge in [0.1, 0.15) is 0 Å². The van der Waals surface area contributed by atoms with Crippen LogP contribution in [0.25, 0.3) is 0 Å². The lowest BCUT2D eigenvalue weighted by Gasteiger charge is -2.24. The second kappa shape index (κ2) is 10.3. The Bertz CT molecular complexity index is 227. The molecule has 1 amide bonds. The predicted molar refractivity (Wildman–Crippen MR) is 71.8 cm³/mol. The zero-order valence-electron chi connectivity index (χ0n) is 12.1. The molecule has 0 aromatic rings. The molecule has 2 unspecified atom stereocenters. The van der Waals surface area contributed by atoms with E-state index in [9.17, 15) is 9.59 Å². The molecule has 2 atom stereocenters. The number of nitrogens with two attached hydrogens (primary N) is 1. The Hall–Kier alpha value is -0.900. The van der Waals surface area contributed by atoms with Crippen molar-refractivity contribution in [3.05, 3.63) is 0 Å².